The molecule has 1 aliphatic heterocycles. The number of ether oxygens (including phenoxy) is 1. The quantitative estimate of drug-likeness (QED) is 0.538. The molecule has 0 saturated heterocycles. The maximum absolute atomic E-state index is 12.0. The molecule has 0 aliphatic carbocycles. The highest BCUT2D eigenvalue weighted by Gasteiger charge is 2.30. The van der Waals surface area contributed by atoms with Gasteiger partial charge in [-0.3, -0.25) is 20.3 Å². The SMILES string of the molecule is CCN1C(=O)C(C)Oc2cc(C(=O)NC(=N)N)ccc21. The smallest absolute Gasteiger partial charge is 0.267 e. The molecule has 1 heterocycles. The number of nitrogens with one attached hydrogen (secondary N) is 2. The molecule has 0 saturated carbocycles. The van der Waals surface area contributed by atoms with Gasteiger partial charge < -0.3 is 15.4 Å². The molecule has 1 aromatic rings. The number of anilines is 1. The summed E-state index contributed by atoms with van der Waals surface area (Å²) in [5, 5.41) is 9.24. The lowest BCUT2D eigenvalue weighted by atomic mass is 10.1. The summed E-state index contributed by atoms with van der Waals surface area (Å²) in [5.41, 5.74) is 6.07. The predicted molar refractivity (Wildman–Crippen MR) is 73.9 cm³/mol. The molecule has 0 fully saturated rings. The van der Waals surface area contributed by atoms with Crippen molar-refractivity contribution in [3.05, 3.63) is 23.8 Å². The maximum Gasteiger partial charge on any atom is 0.267 e. The zero-order valence-electron chi connectivity index (χ0n) is 11.3. The molecule has 0 radical (unpaired) electrons. The number of hydrogen-bond acceptors (Lipinski definition) is 4. The normalized spacial score (nSPS) is 17.2. The van der Waals surface area contributed by atoms with Crippen molar-refractivity contribution >= 4 is 23.5 Å². The van der Waals surface area contributed by atoms with Crippen molar-refractivity contribution in [2.24, 2.45) is 5.73 Å². The van der Waals surface area contributed by atoms with Gasteiger partial charge in [-0.25, -0.2) is 0 Å². The summed E-state index contributed by atoms with van der Waals surface area (Å²) >= 11 is 0. The number of carbonyl (C=O) groups is 2. The van der Waals surface area contributed by atoms with Crippen molar-refractivity contribution in [2.45, 2.75) is 20.0 Å². The molecule has 1 unspecified atom stereocenters. The third-order valence-corrected chi connectivity index (χ3v) is 2.99. The van der Waals surface area contributed by atoms with Crippen LogP contribution in [0.4, 0.5) is 5.69 Å². The van der Waals surface area contributed by atoms with E-state index < -0.39 is 18.0 Å². The number of amides is 2. The number of nitrogens with two attached hydrogens (primary N) is 1. The summed E-state index contributed by atoms with van der Waals surface area (Å²) in [7, 11) is 0. The summed E-state index contributed by atoms with van der Waals surface area (Å²) in [6.45, 7) is 4.06. The Morgan fingerprint density at radius 1 is 1.55 bits per heavy atom. The first-order chi connectivity index (χ1) is 9.43. The Morgan fingerprint density at radius 2 is 2.25 bits per heavy atom. The van der Waals surface area contributed by atoms with Crippen LogP contribution in [0.2, 0.25) is 0 Å². The average Bonchev–Trinajstić information content (AvgIpc) is 2.39. The fourth-order valence-corrected chi connectivity index (χ4v) is 2.07. The van der Waals surface area contributed by atoms with Crippen molar-refractivity contribution < 1.29 is 14.3 Å². The molecule has 1 aliphatic rings. The van der Waals surface area contributed by atoms with Gasteiger partial charge in [0.2, 0.25) is 0 Å². The molecule has 0 spiro atoms. The van der Waals surface area contributed by atoms with Crippen LogP contribution in [0.5, 0.6) is 5.75 Å². The molecule has 2 rings (SSSR count). The van der Waals surface area contributed by atoms with E-state index in [1.807, 2.05) is 6.92 Å². The van der Waals surface area contributed by atoms with Crippen LogP contribution >= 0.6 is 0 Å². The summed E-state index contributed by atoms with van der Waals surface area (Å²) < 4.78 is 5.52. The molecule has 7 nitrogen and oxygen atoms in total. The lowest BCUT2D eigenvalue weighted by Gasteiger charge is -2.32. The zero-order valence-corrected chi connectivity index (χ0v) is 11.3. The van der Waals surface area contributed by atoms with Crippen molar-refractivity contribution in [1.82, 2.24) is 5.32 Å². The first-order valence-electron chi connectivity index (χ1n) is 6.21. The molecule has 1 atom stereocenters. The molecule has 7 heteroatoms. The van der Waals surface area contributed by atoms with Crippen LogP contribution in [-0.4, -0.2) is 30.4 Å². The molecule has 2 amide bonds. The average molecular weight is 276 g/mol. The van der Waals surface area contributed by atoms with Crippen LogP contribution in [0.15, 0.2) is 18.2 Å². The molecule has 4 N–H and O–H groups in total. The summed E-state index contributed by atoms with van der Waals surface area (Å²) in [6.07, 6.45) is -0.589. The van der Waals surface area contributed by atoms with Crippen LogP contribution in [-0.2, 0) is 4.79 Å². The lowest BCUT2D eigenvalue weighted by Crippen LogP contribution is -2.44. The van der Waals surface area contributed by atoms with Gasteiger partial charge in [-0.15, -0.1) is 0 Å². The molecular weight excluding hydrogens is 260 g/mol. The molecule has 0 bridgehead atoms. The number of benzene rings is 1. The third-order valence-electron chi connectivity index (χ3n) is 2.99. The highest BCUT2D eigenvalue weighted by molar-refractivity contribution is 6.06. The summed E-state index contributed by atoms with van der Waals surface area (Å²) in [4.78, 5) is 25.3. The van der Waals surface area contributed by atoms with Gasteiger partial charge in [0.15, 0.2) is 12.1 Å². The highest BCUT2D eigenvalue weighted by Crippen LogP contribution is 2.34. The van der Waals surface area contributed by atoms with Gasteiger partial charge in [-0.1, -0.05) is 0 Å². The molecule has 20 heavy (non-hydrogen) atoms. The summed E-state index contributed by atoms with van der Waals surface area (Å²) in [6, 6.07) is 4.75. The Hall–Kier alpha value is -2.57. The number of hydrogen-bond donors (Lipinski definition) is 3. The Labute approximate surface area is 116 Å². The van der Waals surface area contributed by atoms with E-state index in [-0.39, 0.29) is 5.91 Å². The molecular formula is C13H16N4O3. The first kappa shape index (κ1) is 13.9. The van der Waals surface area contributed by atoms with E-state index >= 15 is 0 Å². The fourth-order valence-electron chi connectivity index (χ4n) is 2.07. The molecule has 1 aromatic carbocycles. The van der Waals surface area contributed by atoms with Gasteiger partial charge in [0.1, 0.15) is 5.75 Å². The zero-order chi connectivity index (χ0) is 14.9. The Balaban J connectivity index is 2.37. The lowest BCUT2D eigenvalue weighted by molar-refractivity contribution is -0.125. The van der Waals surface area contributed by atoms with E-state index in [2.05, 4.69) is 5.32 Å². The first-order valence-corrected chi connectivity index (χ1v) is 6.21. The van der Waals surface area contributed by atoms with E-state index in [0.29, 0.717) is 23.5 Å². The van der Waals surface area contributed by atoms with E-state index in [0.717, 1.165) is 0 Å². The van der Waals surface area contributed by atoms with Crippen LogP contribution in [0.3, 0.4) is 0 Å². The van der Waals surface area contributed by atoms with E-state index in [1.165, 1.54) is 0 Å². The van der Waals surface area contributed by atoms with Gasteiger partial charge in [-0.2, -0.15) is 0 Å². The highest BCUT2D eigenvalue weighted by atomic mass is 16.5. The minimum atomic E-state index is -0.589. The van der Waals surface area contributed by atoms with Crippen molar-refractivity contribution in [3.63, 3.8) is 0 Å². The predicted octanol–water partition coefficient (Wildman–Crippen LogP) is 0.444. The van der Waals surface area contributed by atoms with Gasteiger partial charge in [-0.05, 0) is 32.0 Å². The second-order valence-electron chi connectivity index (χ2n) is 4.39. The minimum Gasteiger partial charge on any atom is -0.479 e. The van der Waals surface area contributed by atoms with Gasteiger partial charge in [0, 0.05) is 12.1 Å². The third kappa shape index (κ3) is 2.42. The number of guanidine groups is 1. The van der Waals surface area contributed by atoms with Crippen molar-refractivity contribution in [1.29, 1.82) is 5.41 Å². The Bertz CT molecular complexity index is 585. The minimum absolute atomic E-state index is 0.110. The van der Waals surface area contributed by atoms with E-state index in [1.54, 1.807) is 30.0 Å². The largest absolute Gasteiger partial charge is 0.479 e. The molecule has 106 valence electrons. The Kier molecular flexibility index (Phi) is 3.60. The van der Waals surface area contributed by atoms with Gasteiger partial charge in [0.25, 0.3) is 11.8 Å². The Morgan fingerprint density at radius 3 is 2.85 bits per heavy atom. The maximum atomic E-state index is 12.0. The number of nitrogens with zero attached hydrogens (tertiary/aromatic N) is 1. The van der Waals surface area contributed by atoms with Crippen LogP contribution in [0.1, 0.15) is 24.2 Å². The van der Waals surface area contributed by atoms with Crippen LogP contribution in [0, 0.1) is 5.41 Å². The topological polar surface area (TPSA) is 109 Å². The van der Waals surface area contributed by atoms with Crippen LogP contribution < -0.4 is 20.7 Å². The van der Waals surface area contributed by atoms with Gasteiger partial charge >= 0.3 is 0 Å². The van der Waals surface area contributed by atoms with Crippen LogP contribution in [0.25, 0.3) is 0 Å². The van der Waals surface area contributed by atoms with E-state index in [9.17, 15) is 9.59 Å². The second-order valence-corrected chi connectivity index (χ2v) is 4.39. The monoisotopic (exact) mass is 276 g/mol. The van der Waals surface area contributed by atoms with E-state index in [4.69, 9.17) is 15.9 Å². The molecule has 0 aromatic heterocycles. The number of fused-ring (bicyclic) bond motifs is 1. The number of carbonyl (C=O) groups excluding carboxylic acids is 2. The van der Waals surface area contributed by atoms with Gasteiger partial charge in [0.05, 0.1) is 5.69 Å². The summed E-state index contributed by atoms with van der Waals surface area (Å²) in [5.74, 6) is -0.556. The van der Waals surface area contributed by atoms with Crippen molar-refractivity contribution in [3.8, 4) is 5.75 Å². The second kappa shape index (κ2) is 5.20. The fraction of sp³-hybridized carbons (Fsp3) is 0.308. The number of likely N-dealkylation sites (N-methyl/N-ethyl adjacent to an activating group) is 1. The van der Waals surface area contributed by atoms with Crippen molar-refractivity contribution in [2.75, 3.05) is 11.4 Å². The number of rotatable bonds is 2. The standard InChI is InChI=1S/C13H16N4O3/c1-3-17-9-5-4-8(11(18)16-13(14)15)6-10(9)20-7(2)12(17)19/h4-7H,3H2,1-2H3,(H4,14,15,16,18).